The number of nitrogens with one attached hydrogen (secondary N) is 1. The van der Waals surface area contributed by atoms with Crippen molar-refractivity contribution in [3.8, 4) is 0 Å². The maximum atomic E-state index is 10.5. The molecule has 0 spiro atoms. The fraction of sp³-hybridized carbons (Fsp3) is 0.312. The summed E-state index contributed by atoms with van der Waals surface area (Å²) < 4.78 is 0. The number of rotatable bonds is 3. The van der Waals surface area contributed by atoms with Crippen molar-refractivity contribution in [2.45, 2.75) is 24.7 Å². The first-order chi connectivity index (χ1) is 11.6. The highest BCUT2D eigenvalue weighted by Gasteiger charge is 2.51. The molecule has 1 saturated carbocycles. The minimum absolute atomic E-state index is 0.178. The van der Waals surface area contributed by atoms with Crippen molar-refractivity contribution in [2.24, 2.45) is 11.1 Å². The number of fused-ring (bicyclic) bond motifs is 1. The Balaban J connectivity index is 1.57. The standard InChI is InChI=1S/C16H16ClN5O2/c17-15-12(18)16(20-7-19-15)21-9-6-10(23)11-13(22-24-14(9)11)8-4-2-1-3-5-8/h1-5,7,9-11,14,23H,6,18H2,(H,19,20,21)/t9-,10+,11+,14+/m1/s1. The van der Waals surface area contributed by atoms with Crippen LogP contribution in [0.5, 0.6) is 0 Å². The summed E-state index contributed by atoms with van der Waals surface area (Å²) in [4.78, 5) is 13.6. The molecule has 4 rings (SSSR count). The Morgan fingerprint density at radius 1 is 1.25 bits per heavy atom. The van der Waals surface area contributed by atoms with Gasteiger partial charge in [0.25, 0.3) is 0 Å². The highest BCUT2D eigenvalue weighted by molar-refractivity contribution is 6.32. The zero-order valence-corrected chi connectivity index (χ0v) is 13.4. The highest BCUT2D eigenvalue weighted by Crippen LogP contribution is 2.38. The lowest BCUT2D eigenvalue weighted by Crippen LogP contribution is -2.34. The SMILES string of the molecule is Nc1c(Cl)ncnc1N[C@@H]1C[C@H](O)[C@H]2C(c3ccccc3)=NO[C@H]21. The summed E-state index contributed by atoms with van der Waals surface area (Å²) in [5, 5.41) is 18.1. The van der Waals surface area contributed by atoms with Gasteiger partial charge in [-0.1, -0.05) is 47.1 Å². The van der Waals surface area contributed by atoms with Gasteiger partial charge in [-0.3, -0.25) is 0 Å². The molecule has 7 nitrogen and oxygen atoms in total. The number of anilines is 2. The molecule has 2 heterocycles. The van der Waals surface area contributed by atoms with E-state index in [9.17, 15) is 5.11 Å². The van der Waals surface area contributed by atoms with Crippen molar-refractivity contribution in [3.05, 3.63) is 47.4 Å². The van der Waals surface area contributed by atoms with E-state index in [0.29, 0.717) is 12.2 Å². The lowest BCUT2D eigenvalue weighted by molar-refractivity contribution is 0.0536. The topological polar surface area (TPSA) is 106 Å². The second-order valence-corrected chi connectivity index (χ2v) is 6.28. The molecule has 24 heavy (non-hydrogen) atoms. The van der Waals surface area contributed by atoms with Gasteiger partial charge in [0.15, 0.2) is 17.1 Å². The zero-order chi connectivity index (χ0) is 16.7. The van der Waals surface area contributed by atoms with Crippen molar-refractivity contribution in [2.75, 3.05) is 11.1 Å². The number of hydrogen-bond acceptors (Lipinski definition) is 7. The predicted octanol–water partition coefficient (Wildman–Crippen LogP) is 1.68. The van der Waals surface area contributed by atoms with Crippen LogP contribution in [0.15, 0.2) is 41.8 Å². The van der Waals surface area contributed by atoms with E-state index in [-0.39, 0.29) is 28.9 Å². The smallest absolute Gasteiger partial charge is 0.158 e. The monoisotopic (exact) mass is 345 g/mol. The maximum Gasteiger partial charge on any atom is 0.158 e. The Kier molecular flexibility index (Phi) is 3.74. The van der Waals surface area contributed by atoms with Gasteiger partial charge in [0.1, 0.15) is 12.0 Å². The number of nitrogens with two attached hydrogens (primary N) is 1. The minimum atomic E-state index is -0.563. The Bertz CT molecular complexity index is 785. The Hall–Kier alpha value is -2.38. The lowest BCUT2D eigenvalue weighted by Gasteiger charge is -2.19. The molecule has 1 aliphatic carbocycles. The molecule has 1 aromatic carbocycles. The van der Waals surface area contributed by atoms with Gasteiger partial charge in [-0.2, -0.15) is 0 Å². The number of aliphatic hydroxyl groups is 1. The van der Waals surface area contributed by atoms with Crippen molar-refractivity contribution in [3.63, 3.8) is 0 Å². The lowest BCUT2D eigenvalue weighted by atomic mass is 9.92. The zero-order valence-electron chi connectivity index (χ0n) is 12.6. The molecule has 8 heteroatoms. The van der Waals surface area contributed by atoms with E-state index in [1.54, 1.807) is 0 Å². The van der Waals surface area contributed by atoms with Gasteiger partial charge in [-0.05, 0) is 12.0 Å². The number of halogens is 1. The quantitative estimate of drug-likeness (QED) is 0.731. The predicted molar refractivity (Wildman–Crippen MR) is 90.8 cm³/mol. The molecule has 2 aliphatic rings. The van der Waals surface area contributed by atoms with Crippen molar-refractivity contribution in [1.82, 2.24) is 9.97 Å². The van der Waals surface area contributed by atoms with Crippen LogP contribution in [-0.4, -0.2) is 39.0 Å². The summed E-state index contributed by atoms with van der Waals surface area (Å²) in [6.07, 6.45) is 0.990. The summed E-state index contributed by atoms with van der Waals surface area (Å²) in [6, 6.07) is 9.55. The molecule has 0 saturated heterocycles. The van der Waals surface area contributed by atoms with Crippen LogP contribution in [0, 0.1) is 5.92 Å². The first-order valence-corrected chi connectivity index (χ1v) is 8.02. The van der Waals surface area contributed by atoms with Crippen LogP contribution in [-0.2, 0) is 4.84 Å². The molecule has 4 atom stereocenters. The van der Waals surface area contributed by atoms with Gasteiger partial charge < -0.3 is 21.0 Å². The Morgan fingerprint density at radius 3 is 2.83 bits per heavy atom. The van der Waals surface area contributed by atoms with Gasteiger partial charge in [0.05, 0.1) is 23.8 Å². The van der Waals surface area contributed by atoms with E-state index in [4.69, 9.17) is 22.2 Å². The summed E-state index contributed by atoms with van der Waals surface area (Å²) >= 11 is 5.92. The van der Waals surface area contributed by atoms with Gasteiger partial charge >= 0.3 is 0 Å². The normalized spacial score (nSPS) is 28.2. The molecular weight excluding hydrogens is 330 g/mol. The van der Waals surface area contributed by atoms with Crippen LogP contribution in [0.4, 0.5) is 11.5 Å². The first-order valence-electron chi connectivity index (χ1n) is 7.65. The number of oxime groups is 1. The molecule has 0 radical (unpaired) electrons. The van der Waals surface area contributed by atoms with Crippen LogP contribution in [0.2, 0.25) is 5.15 Å². The Morgan fingerprint density at radius 2 is 2.04 bits per heavy atom. The third-order valence-electron chi connectivity index (χ3n) is 4.48. The van der Waals surface area contributed by atoms with Crippen molar-refractivity contribution >= 4 is 28.8 Å². The van der Waals surface area contributed by atoms with Crippen LogP contribution in [0.3, 0.4) is 0 Å². The minimum Gasteiger partial charge on any atom is -0.393 e. The van der Waals surface area contributed by atoms with Crippen LogP contribution in [0.1, 0.15) is 12.0 Å². The fourth-order valence-electron chi connectivity index (χ4n) is 3.33. The molecule has 1 aliphatic heterocycles. The molecule has 2 aromatic rings. The van der Waals surface area contributed by atoms with Gasteiger partial charge in [0, 0.05) is 0 Å². The molecule has 1 fully saturated rings. The number of nitrogens with zero attached hydrogens (tertiary/aromatic N) is 3. The second kappa shape index (κ2) is 5.92. The molecule has 0 bridgehead atoms. The number of aromatic nitrogens is 2. The molecule has 1 aromatic heterocycles. The summed E-state index contributed by atoms with van der Waals surface area (Å²) in [5.41, 5.74) is 7.90. The maximum absolute atomic E-state index is 10.5. The van der Waals surface area contributed by atoms with E-state index < -0.39 is 6.10 Å². The van der Waals surface area contributed by atoms with Gasteiger partial charge in [-0.15, -0.1) is 0 Å². The van der Waals surface area contributed by atoms with E-state index in [2.05, 4.69) is 20.4 Å². The average Bonchev–Trinajstić information content (AvgIpc) is 3.15. The highest BCUT2D eigenvalue weighted by atomic mass is 35.5. The van der Waals surface area contributed by atoms with Crippen molar-refractivity contribution in [1.29, 1.82) is 0 Å². The third kappa shape index (κ3) is 2.46. The largest absolute Gasteiger partial charge is 0.393 e. The van der Waals surface area contributed by atoms with Gasteiger partial charge in [-0.25, -0.2) is 9.97 Å². The van der Waals surface area contributed by atoms with Crippen LogP contribution < -0.4 is 11.1 Å². The van der Waals surface area contributed by atoms with E-state index in [1.165, 1.54) is 6.33 Å². The Labute approximate surface area is 143 Å². The van der Waals surface area contributed by atoms with E-state index in [0.717, 1.165) is 11.3 Å². The molecule has 4 N–H and O–H groups in total. The number of aliphatic hydroxyl groups excluding tert-OH is 1. The summed E-state index contributed by atoms with van der Waals surface area (Å²) in [6.45, 7) is 0. The number of benzene rings is 1. The van der Waals surface area contributed by atoms with Crippen LogP contribution >= 0.6 is 11.6 Å². The molecular formula is C16H16ClN5O2. The molecule has 0 unspecified atom stereocenters. The van der Waals surface area contributed by atoms with Gasteiger partial charge in [0.2, 0.25) is 0 Å². The summed E-state index contributed by atoms with van der Waals surface area (Å²) in [5.74, 6) is 0.244. The first kappa shape index (κ1) is 15.2. The fourth-order valence-corrected chi connectivity index (χ4v) is 3.46. The molecule has 124 valence electrons. The average molecular weight is 346 g/mol. The number of nitrogen functional groups attached to an aromatic ring is 1. The van der Waals surface area contributed by atoms with E-state index in [1.807, 2.05) is 30.3 Å². The third-order valence-corrected chi connectivity index (χ3v) is 4.78. The molecule has 0 amide bonds. The summed E-state index contributed by atoms with van der Waals surface area (Å²) in [7, 11) is 0. The number of hydrogen-bond donors (Lipinski definition) is 3. The second-order valence-electron chi connectivity index (χ2n) is 5.92. The van der Waals surface area contributed by atoms with Crippen molar-refractivity contribution < 1.29 is 9.94 Å². The van der Waals surface area contributed by atoms with E-state index >= 15 is 0 Å². The van der Waals surface area contributed by atoms with Crippen LogP contribution in [0.25, 0.3) is 0 Å².